The van der Waals surface area contributed by atoms with Crippen LogP contribution in [0.15, 0.2) is 28.7 Å². The van der Waals surface area contributed by atoms with E-state index < -0.39 is 5.82 Å². The molecule has 2 rings (SSSR count). The third-order valence-corrected chi connectivity index (χ3v) is 3.29. The molecule has 0 radical (unpaired) electrons. The molecular weight excluding hydrogens is 358 g/mol. The fourth-order valence-corrected chi connectivity index (χ4v) is 2.19. The fourth-order valence-electron chi connectivity index (χ4n) is 1.36. The third kappa shape index (κ3) is 3.29. The average Bonchev–Trinajstić information content (AvgIpc) is 2.37. The molecule has 0 unspecified atom stereocenters. The van der Waals surface area contributed by atoms with Crippen molar-refractivity contribution < 1.29 is 9.13 Å². The van der Waals surface area contributed by atoms with Gasteiger partial charge < -0.3 is 10.1 Å². The summed E-state index contributed by atoms with van der Waals surface area (Å²) >= 11 is 15.1. The first-order chi connectivity index (χ1) is 9.01. The highest BCUT2D eigenvalue weighted by Crippen LogP contribution is 2.34. The number of hydrogen-bond acceptors (Lipinski definition) is 3. The molecule has 0 aliphatic carbocycles. The number of nitrogens with one attached hydrogen (secondary N) is 1. The zero-order chi connectivity index (χ0) is 14.0. The average molecular weight is 366 g/mol. The number of rotatable bonds is 3. The molecule has 0 saturated carbocycles. The molecule has 1 aromatic heterocycles. The molecule has 2 aromatic rings. The van der Waals surface area contributed by atoms with Crippen LogP contribution in [0.3, 0.4) is 0 Å². The van der Waals surface area contributed by atoms with Crippen LogP contribution in [0, 0.1) is 5.82 Å². The van der Waals surface area contributed by atoms with E-state index in [4.69, 9.17) is 27.9 Å². The summed E-state index contributed by atoms with van der Waals surface area (Å²) in [4.78, 5) is 4.08. The lowest BCUT2D eigenvalue weighted by molar-refractivity contribution is 0.428. The van der Waals surface area contributed by atoms with Crippen molar-refractivity contribution >= 4 is 44.9 Å². The minimum absolute atomic E-state index is 0.0214. The quantitative estimate of drug-likeness (QED) is 0.819. The van der Waals surface area contributed by atoms with Crippen LogP contribution < -0.4 is 10.1 Å². The summed E-state index contributed by atoms with van der Waals surface area (Å²) in [6.07, 6.45) is 0. The van der Waals surface area contributed by atoms with Gasteiger partial charge in [-0.05, 0) is 24.3 Å². The minimum Gasteiger partial charge on any atom is -0.434 e. The van der Waals surface area contributed by atoms with Crippen molar-refractivity contribution in [2.24, 2.45) is 0 Å². The van der Waals surface area contributed by atoms with Gasteiger partial charge in [-0.1, -0.05) is 39.1 Å². The van der Waals surface area contributed by atoms with Crippen molar-refractivity contribution in [1.29, 1.82) is 0 Å². The van der Waals surface area contributed by atoms with Crippen molar-refractivity contribution in [2.75, 3.05) is 12.4 Å². The van der Waals surface area contributed by atoms with Gasteiger partial charge in [-0.15, -0.1) is 0 Å². The lowest BCUT2D eigenvalue weighted by Gasteiger charge is -2.10. The second-order valence-electron chi connectivity index (χ2n) is 3.53. The lowest BCUT2D eigenvalue weighted by atomic mass is 10.3. The van der Waals surface area contributed by atoms with Gasteiger partial charge in [0.05, 0.1) is 5.02 Å². The van der Waals surface area contributed by atoms with Crippen molar-refractivity contribution in [3.8, 4) is 11.6 Å². The van der Waals surface area contributed by atoms with Crippen molar-refractivity contribution in [1.82, 2.24) is 4.98 Å². The second kappa shape index (κ2) is 5.94. The third-order valence-electron chi connectivity index (χ3n) is 2.23. The van der Waals surface area contributed by atoms with Gasteiger partial charge in [0, 0.05) is 11.5 Å². The van der Waals surface area contributed by atoms with E-state index in [1.807, 2.05) is 0 Å². The summed E-state index contributed by atoms with van der Waals surface area (Å²) < 4.78 is 19.6. The van der Waals surface area contributed by atoms with E-state index in [2.05, 4.69) is 26.2 Å². The summed E-state index contributed by atoms with van der Waals surface area (Å²) in [6, 6.07) is 5.81. The number of aromatic nitrogens is 1. The molecule has 100 valence electrons. The summed E-state index contributed by atoms with van der Waals surface area (Å²) in [7, 11) is 1.66. The Labute approximate surface area is 127 Å². The van der Waals surface area contributed by atoms with Crippen LogP contribution >= 0.6 is 39.1 Å². The van der Waals surface area contributed by atoms with E-state index >= 15 is 0 Å². The molecule has 0 spiro atoms. The maximum absolute atomic E-state index is 13.6. The monoisotopic (exact) mass is 364 g/mol. The first kappa shape index (κ1) is 14.4. The zero-order valence-electron chi connectivity index (χ0n) is 9.68. The lowest BCUT2D eigenvalue weighted by Crippen LogP contribution is -1.97. The Balaban J connectivity index is 2.40. The molecule has 19 heavy (non-hydrogen) atoms. The highest BCUT2D eigenvalue weighted by molar-refractivity contribution is 9.10. The highest BCUT2D eigenvalue weighted by atomic mass is 79.9. The van der Waals surface area contributed by atoms with Gasteiger partial charge in [-0.2, -0.15) is 4.98 Å². The van der Waals surface area contributed by atoms with E-state index in [-0.39, 0.29) is 16.7 Å². The summed E-state index contributed by atoms with van der Waals surface area (Å²) in [5, 5.41) is 3.34. The number of benzene rings is 1. The normalized spacial score (nSPS) is 10.4. The number of pyridine rings is 1. The number of hydrogen-bond donors (Lipinski definition) is 1. The van der Waals surface area contributed by atoms with Crippen molar-refractivity contribution in [3.63, 3.8) is 0 Å². The first-order valence-corrected chi connectivity index (χ1v) is 6.73. The molecule has 0 bridgehead atoms. The SMILES string of the molecule is CNc1nc(Oc2cc(Br)ccc2F)c(Cl)cc1Cl. The minimum atomic E-state index is -0.512. The van der Waals surface area contributed by atoms with Gasteiger partial charge in [0.25, 0.3) is 0 Å². The number of nitrogens with zero attached hydrogens (tertiary/aromatic N) is 1. The van der Waals surface area contributed by atoms with Crippen LogP contribution in [0.5, 0.6) is 11.6 Å². The van der Waals surface area contributed by atoms with Crippen LogP contribution in [-0.2, 0) is 0 Å². The van der Waals surface area contributed by atoms with Crippen LogP contribution in [0.4, 0.5) is 10.2 Å². The Morgan fingerprint density at radius 2 is 2.00 bits per heavy atom. The van der Waals surface area contributed by atoms with Crippen LogP contribution in [-0.4, -0.2) is 12.0 Å². The van der Waals surface area contributed by atoms with Gasteiger partial charge >= 0.3 is 0 Å². The van der Waals surface area contributed by atoms with E-state index in [9.17, 15) is 4.39 Å². The number of anilines is 1. The molecule has 0 aliphatic rings. The van der Waals surface area contributed by atoms with Crippen LogP contribution in [0.1, 0.15) is 0 Å². The fraction of sp³-hybridized carbons (Fsp3) is 0.0833. The molecule has 1 aromatic carbocycles. The first-order valence-electron chi connectivity index (χ1n) is 5.18. The second-order valence-corrected chi connectivity index (χ2v) is 5.26. The standard InChI is InChI=1S/C12H8BrCl2FN2O/c1-17-11-7(14)5-8(15)12(18-11)19-10-4-6(13)2-3-9(10)16/h2-5H,1H3,(H,17,18). The molecule has 0 amide bonds. The Morgan fingerprint density at radius 3 is 2.68 bits per heavy atom. The summed E-state index contributed by atoms with van der Waals surface area (Å²) in [5.74, 6) is -0.0148. The van der Waals surface area contributed by atoms with E-state index in [0.717, 1.165) is 0 Å². The Kier molecular flexibility index (Phi) is 4.50. The molecule has 0 aliphatic heterocycles. The Morgan fingerprint density at radius 1 is 1.26 bits per heavy atom. The molecule has 7 heteroatoms. The maximum atomic E-state index is 13.6. The number of ether oxygens (including phenoxy) is 1. The van der Waals surface area contributed by atoms with Gasteiger partial charge in [0.15, 0.2) is 11.6 Å². The predicted molar refractivity (Wildman–Crippen MR) is 78.0 cm³/mol. The summed E-state index contributed by atoms with van der Waals surface area (Å²) in [6.45, 7) is 0. The molecular formula is C12H8BrCl2FN2O. The molecule has 0 saturated heterocycles. The van der Waals surface area contributed by atoms with Gasteiger partial charge in [0.1, 0.15) is 10.8 Å². The Hall–Kier alpha value is -1.04. The van der Waals surface area contributed by atoms with E-state index in [0.29, 0.717) is 15.3 Å². The van der Waals surface area contributed by atoms with E-state index in [1.165, 1.54) is 18.2 Å². The van der Waals surface area contributed by atoms with Crippen molar-refractivity contribution in [3.05, 3.63) is 44.6 Å². The molecule has 3 nitrogen and oxygen atoms in total. The van der Waals surface area contributed by atoms with Crippen LogP contribution in [0.25, 0.3) is 0 Å². The van der Waals surface area contributed by atoms with E-state index in [1.54, 1.807) is 13.1 Å². The van der Waals surface area contributed by atoms with Crippen LogP contribution in [0.2, 0.25) is 10.0 Å². The largest absolute Gasteiger partial charge is 0.434 e. The van der Waals surface area contributed by atoms with Gasteiger partial charge in [-0.25, -0.2) is 4.39 Å². The maximum Gasteiger partial charge on any atom is 0.240 e. The van der Waals surface area contributed by atoms with Crippen molar-refractivity contribution in [2.45, 2.75) is 0 Å². The topological polar surface area (TPSA) is 34.2 Å². The summed E-state index contributed by atoms with van der Waals surface area (Å²) in [5.41, 5.74) is 0. The molecule has 1 N–H and O–H groups in total. The van der Waals surface area contributed by atoms with Gasteiger partial charge in [-0.3, -0.25) is 0 Å². The predicted octanol–water partition coefficient (Wildman–Crippen LogP) is 5.12. The zero-order valence-corrected chi connectivity index (χ0v) is 12.8. The van der Waals surface area contributed by atoms with Gasteiger partial charge in [0.2, 0.25) is 5.88 Å². The molecule has 1 heterocycles. The smallest absolute Gasteiger partial charge is 0.240 e. The highest BCUT2D eigenvalue weighted by Gasteiger charge is 2.13. The molecule has 0 atom stereocenters. The Bertz CT molecular complexity index is 625. The number of halogens is 4. The molecule has 0 fully saturated rings.